The summed E-state index contributed by atoms with van der Waals surface area (Å²) < 4.78 is 117. The maximum atomic E-state index is 12.0. The molecule has 0 fully saturated rings. The quantitative estimate of drug-likeness (QED) is 0.606. The van der Waals surface area contributed by atoms with Gasteiger partial charge < -0.3 is 4.89 Å². The monoisotopic (exact) mass is 286 g/mol. The van der Waals surface area contributed by atoms with Gasteiger partial charge in [-0.25, -0.2) is 0 Å². The van der Waals surface area contributed by atoms with Gasteiger partial charge in [0.25, 0.3) is 0 Å². The first kappa shape index (κ1) is 15.7. The molecule has 0 heterocycles. The molecule has 98 valence electrons. The Morgan fingerprint density at radius 2 is 0.750 bits per heavy atom. The van der Waals surface area contributed by atoms with E-state index in [1.807, 2.05) is 0 Å². The van der Waals surface area contributed by atoms with E-state index in [9.17, 15) is 43.9 Å². The number of hydrogen-bond donors (Lipinski definition) is 1. The standard InChI is InChI=1S/C4HF10OP/c5-1(6,7)3(11,12)16(15)4(13,14)2(8,9)10/h15H. The first-order chi connectivity index (χ1) is 6.65. The van der Waals surface area contributed by atoms with Crippen molar-refractivity contribution < 1.29 is 48.8 Å². The normalized spacial score (nSPS) is 15.8. The van der Waals surface area contributed by atoms with Crippen LogP contribution in [0.1, 0.15) is 0 Å². The lowest BCUT2D eigenvalue weighted by atomic mass is 10.7. The van der Waals surface area contributed by atoms with Gasteiger partial charge in [0.05, 0.1) is 0 Å². The summed E-state index contributed by atoms with van der Waals surface area (Å²) in [4.78, 5) is 7.90. The zero-order chi connectivity index (χ0) is 13.6. The SMILES string of the molecule is OP(C(F)(F)C(F)(F)F)C(F)(F)C(F)(F)F. The molecule has 0 aliphatic rings. The maximum absolute atomic E-state index is 12.0. The Morgan fingerprint density at radius 3 is 0.875 bits per heavy atom. The van der Waals surface area contributed by atoms with Crippen molar-refractivity contribution in [1.29, 1.82) is 0 Å². The third-order valence-electron chi connectivity index (χ3n) is 1.21. The van der Waals surface area contributed by atoms with E-state index in [1.165, 1.54) is 0 Å². The molecule has 0 radical (unpaired) electrons. The van der Waals surface area contributed by atoms with Crippen LogP contribution in [-0.2, 0) is 0 Å². The Kier molecular flexibility index (Phi) is 3.79. The molecule has 0 unspecified atom stereocenters. The van der Waals surface area contributed by atoms with E-state index in [1.54, 1.807) is 0 Å². The van der Waals surface area contributed by atoms with E-state index in [0.717, 1.165) is 0 Å². The predicted octanol–water partition coefficient (Wildman–Crippen LogP) is 3.69. The molecule has 0 saturated carbocycles. The van der Waals surface area contributed by atoms with Crippen molar-refractivity contribution in [3.05, 3.63) is 0 Å². The molecule has 0 saturated heterocycles. The highest BCUT2D eigenvalue weighted by molar-refractivity contribution is 7.54. The Labute approximate surface area is 81.9 Å². The molecule has 0 aromatic carbocycles. The summed E-state index contributed by atoms with van der Waals surface area (Å²) in [5.74, 6) is 0. The second-order valence-corrected chi connectivity index (χ2v) is 4.14. The van der Waals surface area contributed by atoms with Gasteiger partial charge >= 0.3 is 23.7 Å². The van der Waals surface area contributed by atoms with Crippen LogP contribution in [0.3, 0.4) is 0 Å². The maximum Gasteiger partial charge on any atom is 0.460 e. The molecule has 0 aliphatic carbocycles. The van der Waals surface area contributed by atoms with Crippen LogP contribution in [0.25, 0.3) is 0 Å². The molecule has 1 N–H and O–H groups in total. The minimum Gasteiger partial charge on any atom is -0.363 e. The zero-order valence-corrected chi connectivity index (χ0v) is 7.57. The molecule has 0 aromatic heterocycles. The molecule has 0 aliphatic heterocycles. The van der Waals surface area contributed by atoms with Crippen molar-refractivity contribution in [2.75, 3.05) is 0 Å². The lowest BCUT2D eigenvalue weighted by Crippen LogP contribution is -2.44. The van der Waals surface area contributed by atoms with Gasteiger partial charge in [0.2, 0.25) is 0 Å². The summed E-state index contributed by atoms with van der Waals surface area (Å²) in [6, 6.07) is 0. The third kappa shape index (κ3) is 2.50. The van der Waals surface area contributed by atoms with E-state index >= 15 is 0 Å². The van der Waals surface area contributed by atoms with Crippen LogP contribution in [0, 0.1) is 0 Å². The van der Waals surface area contributed by atoms with Crippen LogP contribution in [-0.4, -0.2) is 28.6 Å². The highest BCUT2D eigenvalue weighted by atomic mass is 31.1. The van der Waals surface area contributed by atoms with Crippen LogP contribution in [0.4, 0.5) is 43.9 Å². The second-order valence-electron chi connectivity index (χ2n) is 2.39. The van der Waals surface area contributed by atoms with Gasteiger partial charge in [-0.15, -0.1) is 0 Å². The smallest absolute Gasteiger partial charge is 0.363 e. The fraction of sp³-hybridized carbons (Fsp3) is 1.00. The van der Waals surface area contributed by atoms with Crippen LogP contribution >= 0.6 is 8.15 Å². The summed E-state index contributed by atoms with van der Waals surface area (Å²) in [7, 11) is -5.96. The molecule has 0 amide bonds. The number of hydrogen-bond acceptors (Lipinski definition) is 1. The molecule has 12 heteroatoms. The van der Waals surface area contributed by atoms with Crippen LogP contribution < -0.4 is 0 Å². The Balaban J connectivity index is 5.30. The third-order valence-corrected chi connectivity index (χ3v) is 2.79. The first-order valence-electron chi connectivity index (χ1n) is 3.04. The molecule has 16 heavy (non-hydrogen) atoms. The molecule has 0 aromatic rings. The molecule has 0 rings (SSSR count). The lowest BCUT2D eigenvalue weighted by molar-refractivity contribution is -0.266. The molecular formula is C4HF10OP. The van der Waals surface area contributed by atoms with E-state index in [4.69, 9.17) is 4.89 Å². The van der Waals surface area contributed by atoms with Gasteiger partial charge in [-0.3, -0.25) is 0 Å². The second kappa shape index (κ2) is 3.86. The summed E-state index contributed by atoms with van der Waals surface area (Å²) in [6.45, 7) is 0. The Morgan fingerprint density at radius 1 is 0.562 bits per heavy atom. The number of alkyl halides is 10. The van der Waals surface area contributed by atoms with Crippen LogP contribution in [0.2, 0.25) is 0 Å². The van der Waals surface area contributed by atoms with Crippen molar-refractivity contribution in [2.45, 2.75) is 23.7 Å². The van der Waals surface area contributed by atoms with Crippen molar-refractivity contribution in [3.63, 3.8) is 0 Å². The summed E-state index contributed by atoms with van der Waals surface area (Å²) in [5.41, 5.74) is -13.0. The van der Waals surface area contributed by atoms with Gasteiger partial charge in [0.1, 0.15) is 0 Å². The van der Waals surface area contributed by atoms with Gasteiger partial charge in [-0.2, -0.15) is 43.9 Å². The molecule has 0 bridgehead atoms. The van der Waals surface area contributed by atoms with Gasteiger partial charge in [-0.05, 0) is 0 Å². The number of halogens is 10. The first-order valence-corrected chi connectivity index (χ1v) is 4.33. The molecule has 1 nitrogen and oxygen atoms in total. The Hall–Kier alpha value is -0.310. The molecule has 0 atom stereocenters. The average Bonchev–Trinajstić information content (AvgIpc) is 1.98. The van der Waals surface area contributed by atoms with Gasteiger partial charge in [-0.1, -0.05) is 0 Å². The van der Waals surface area contributed by atoms with Crippen molar-refractivity contribution >= 4 is 8.15 Å². The summed E-state index contributed by atoms with van der Waals surface area (Å²) in [5, 5.41) is 0. The molecular weight excluding hydrogens is 285 g/mol. The summed E-state index contributed by atoms with van der Waals surface area (Å²) >= 11 is 0. The topological polar surface area (TPSA) is 20.2 Å². The molecule has 0 spiro atoms. The van der Waals surface area contributed by atoms with Crippen LogP contribution in [0.5, 0.6) is 0 Å². The van der Waals surface area contributed by atoms with Gasteiger partial charge in [0.15, 0.2) is 8.15 Å². The van der Waals surface area contributed by atoms with Crippen molar-refractivity contribution in [2.24, 2.45) is 0 Å². The number of rotatable bonds is 2. The van der Waals surface area contributed by atoms with E-state index < -0.39 is 31.8 Å². The lowest BCUT2D eigenvalue weighted by Gasteiger charge is -2.30. The minimum absolute atomic E-state index is 5.96. The van der Waals surface area contributed by atoms with E-state index in [2.05, 4.69) is 0 Å². The van der Waals surface area contributed by atoms with Crippen LogP contribution in [0.15, 0.2) is 0 Å². The summed E-state index contributed by atoms with van der Waals surface area (Å²) in [6.07, 6.45) is -13.4. The van der Waals surface area contributed by atoms with Crippen molar-refractivity contribution in [3.8, 4) is 0 Å². The highest BCUT2D eigenvalue weighted by Gasteiger charge is 2.76. The zero-order valence-electron chi connectivity index (χ0n) is 6.67. The van der Waals surface area contributed by atoms with Gasteiger partial charge in [0, 0.05) is 0 Å². The highest BCUT2D eigenvalue weighted by Crippen LogP contribution is 2.69. The van der Waals surface area contributed by atoms with E-state index in [-0.39, 0.29) is 0 Å². The minimum atomic E-state index is -6.69. The van der Waals surface area contributed by atoms with Crippen molar-refractivity contribution in [1.82, 2.24) is 0 Å². The average molecular weight is 286 g/mol. The predicted molar refractivity (Wildman–Crippen MR) is 31.1 cm³/mol. The van der Waals surface area contributed by atoms with E-state index in [0.29, 0.717) is 0 Å². The Bertz CT molecular complexity index is 227. The largest absolute Gasteiger partial charge is 0.460 e. The fourth-order valence-corrected chi connectivity index (χ4v) is 1.25. The fourth-order valence-electron chi connectivity index (χ4n) is 0.417.